The minimum Gasteiger partial charge on any atom is -0.308 e. The lowest BCUT2D eigenvalue weighted by Gasteiger charge is -2.13. The smallest absolute Gasteiger partial charge is 0.160 e. The number of aromatic nitrogens is 4. The van der Waals surface area contributed by atoms with Crippen molar-refractivity contribution in [2.24, 2.45) is 0 Å². The second kappa shape index (κ2) is 12.9. The standard InChI is InChI=1S/C49H32N4/c1-4-15-33(16-5-1)34-27-29-35(30-28-34)43-32-44(52-49(51-43)36-17-6-2-7-18-36)37-19-14-20-38(31-37)47-46-41-24-11-13-26-45(41)53(39-21-8-3-9-22-39)48(46)40-23-10-12-25-42(40)50-47/h1-32H. The monoisotopic (exact) mass is 676 g/mol. The highest BCUT2D eigenvalue weighted by atomic mass is 15.0. The Morgan fingerprint density at radius 3 is 1.66 bits per heavy atom. The van der Waals surface area contributed by atoms with Crippen molar-refractivity contribution < 1.29 is 0 Å². The van der Waals surface area contributed by atoms with Gasteiger partial charge >= 0.3 is 0 Å². The van der Waals surface area contributed by atoms with Gasteiger partial charge in [0.15, 0.2) is 5.82 Å². The maximum absolute atomic E-state index is 5.38. The summed E-state index contributed by atoms with van der Waals surface area (Å²) in [7, 11) is 0. The summed E-state index contributed by atoms with van der Waals surface area (Å²) in [5.74, 6) is 0.688. The van der Waals surface area contributed by atoms with E-state index in [1.807, 2.05) is 24.3 Å². The molecular formula is C49H32N4. The van der Waals surface area contributed by atoms with E-state index in [9.17, 15) is 0 Å². The number of hydrogen-bond donors (Lipinski definition) is 0. The lowest BCUT2D eigenvalue weighted by molar-refractivity contribution is 1.18. The predicted octanol–water partition coefficient (Wildman–Crippen LogP) is 12.5. The molecule has 0 spiro atoms. The van der Waals surface area contributed by atoms with Crippen LogP contribution in [-0.4, -0.2) is 19.5 Å². The largest absolute Gasteiger partial charge is 0.308 e. The minimum atomic E-state index is 0.688. The molecule has 0 atom stereocenters. The number of hydrogen-bond acceptors (Lipinski definition) is 3. The van der Waals surface area contributed by atoms with Crippen molar-refractivity contribution in [1.82, 2.24) is 19.5 Å². The Labute approximate surface area is 307 Å². The Bertz CT molecular complexity index is 2910. The van der Waals surface area contributed by atoms with Crippen LogP contribution in [0.1, 0.15) is 0 Å². The van der Waals surface area contributed by atoms with Crippen LogP contribution in [0.25, 0.3) is 94.7 Å². The first-order valence-electron chi connectivity index (χ1n) is 17.9. The average Bonchev–Trinajstić information content (AvgIpc) is 3.60. The van der Waals surface area contributed by atoms with Crippen LogP contribution < -0.4 is 0 Å². The Kier molecular flexibility index (Phi) is 7.43. The lowest BCUT2D eigenvalue weighted by atomic mass is 9.99. The predicted molar refractivity (Wildman–Crippen MR) is 219 cm³/mol. The first-order chi connectivity index (χ1) is 26.3. The van der Waals surface area contributed by atoms with E-state index in [4.69, 9.17) is 15.0 Å². The Morgan fingerprint density at radius 1 is 0.358 bits per heavy atom. The molecule has 7 aromatic carbocycles. The second-order valence-electron chi connectivity index (χ2n) is 13.2. The number of fused-ring (bicyclic) bond motifs is 5. The molecule has 0 aliphatic carbocycles. The summed E-state index contributed by atoms with van der Waals surface area (Å²) in [6.45, 7) is 0. The topological polar surface area (TPSA) is 43.6 Å². The van der Waals surface area contributed by atoms with Crippen molar-refractivity contribution in [2.45, 2.75) is 0 Å². The molecule has 0 unspecified atom stereocenters. The van der Waals surface area contributed by atoms with E-state index in [0.29, 0.717) is 5.82 Å². The van der Waals surface area contributed by atoms with Gasteiger partial charge in [-0.25, -0.2) is 15.0 Å². The van der Waals surface area contributed by atoms with Crippen LogP contribution in [0.15, 0.2) is 194 Å². The van der Waals surface area contributed by atoms with E-state index >= 15 is 0 Å². The van der Waals surface area contributed by atoms with Crippen molar-refractivity contribution in [2.75, 3.05) is 0 Å². The first-order valence-corrected chi connectivity index (χ1v) is 17.9. The van der Waals surface area contributed by atoms with E-state index in [2.05, 4.69) is 174 Å². The van der Waals surface area contributed by atoms with E-state index in [0.717, 1.165) is 72.3 Å². The van der Waals surface area contributed by atoms with E-state index in [1.165, 1.54) is 16.5 Å². The molecule has 0 N–H and O–H groups in total. The third-order valence-electron chi connectivity index (χ3n) is 10.00. The van der Waals surface area contributed by atoms with Crippen LogP contribution in [0.5, 0.6) is 0 Å². The molecule has 10 aromatic rings. The van der Waals surface area contributed by atoms with Gasteiger partial charge in [0, 0.05) is 44.1 Å². The highest BCUT2D eigenvalue weighted by Gasteiger charge is 2.21. The normalized spacial score (nSPS) is 11.4. The summed E-state index contributed by atoms with van der Waals surface area (Å²) < 4.78 is 2.38. The molecule has 248 valence electrons. The van der Waals surface area contributed by atoms with Gasteiger partial charge in [-0.15, -0.1) is 0 Å². The van der Waals surface area contributed by atoms with Gasteiger partial charge in [-0.1, -0.05) is 158 Å². The summed E-state index contributed by atoms with van der Waals surface area (Å²) in [6.07, 6.45) is 0. The molecule has 3 heterocycles. The van der Waals surface area contributed by atoms with E-state index in [1.54, 1.807) is 0 Å². The minimum absolute atomic E-state index is 0.688. The van der Waals surface area contributed by atoms with Crippen LogP contribution >= 0.6 is 0 Å². The fourth-order valence-electron chi connectivity index (χ4n) is 7.49. The fraction of sp³-hybridized carbons (Fsp3) is 0. The van der Waals surface area contributed by atoms with Crippen molar-refractivity contribution in [3.8, 4) is 62.0 Å². The van der Waals surface area contributed by atoms with Gasteiger partial charge in [0.25, 0.3) is 0 Å². The molecule has 0 aliphatic rings. The molecule has 0 radical (unpaired) electrons. The maximum Gasteiger partial charge on any atom is 0.160 e. The van der Waals surface area contributed by atoms with Crippen molar-refractivity contribution >= 4 is 32.7 Å². The molecule has 0 saturated heterocycles. The summed E-state index contributed by atoms with van der Waals surface area (Å²) in [5, 5.41) is 3.42. The molecule has 4 heteroatoms. The zero-order valence-corrected chi connectivity index (χ0v) is 28.8. The fourth-order valence-corrected chi connectivity index (χ4v) is 7.49. The summed E-state index contributed by atoms with van der Waals surface area (Å²) in [6, 6.07) is 67.8. The molecule has 0 aliphatic heterocycles. The average molecular weight is 677 g/mol. The molecule has 0 fully saturated rings. The number of rotatable bonds is 6. The van der Waals surface area contributed by atoms with Crippen LogP contribution in [0.3, 0.4) is 0 Å². The molecule has 3 aromatic heterocycles. The SMILES string of the molecule is c1ccc(-c2ccc(-c3cc(-c4cccc(-c5nc6ccccc6c6c5c5ccccc5n6-c5ccccc5)c4)nc(-c4ccccc4)n3)cc2)cc1. The summed E-state index contributed by atoms with van der Waals surface area (Å²) >= 11 is 0. The Morgan fingerprint density at radius 2 is 0.906 bits per heavy atom. The van der Waals surface area contributed by atoms with Crippen LogP contribution in [0.2, 0.25) is 0 Å². The molecule has 0 saturated carbocycles. The van der Waals surface area contributed by atoms with Gasteiger partial charge in [-0.05, 0) is 47.5 Å². The van der Waals surface area contributed by atoms with Crippen LogP contribution in [0, 0.1) is 0 Å². The number of nitrogens with zero attached hydrogens (tertiary/aromatic N) is 4. The van der Waals surface area contributed by atoms with Crippen molar-refractivity contribution in [1.29, 1.82) is 0 Å². The molecule has 0 amide bonds. The number of para-hydroxylation sites is 3. The Hall–Kier alpha value is -7.17. The van der Waals surface area contributed by atoms with Gasteiger partial charge in [-0.2, -0.15) is 0 Å². The maximum atomic E-state index is 5.38. The molecular weight excluding hydrogens is 645 g/mol. The quantitative estimate of drug-likeness (QED) is 0.176. The zero-order chi connectivity index (χ0) is 35.1. The van der Waals surface area contributed by atoms with Gasteiger partial charge in [0.1, 0.15) is 0 Å². The van der Waals surface area contributed by atoms with Gasteiger partial charge in [-0.3, -0.25) is 0 Å². The third kappa shape index (κ3) is 5.45. The van der Waals surface area contributed by atoms with Gasteiger partial charge < -0.3 is 4.57 Å². The van der Waals surface area contributed by atoms with Crippen LogP contribution in [0.4, 0.5) is 0 Å². The first kappa shape index (κ1) is 30.6. The van der Waals surface area contributed by atoms with E-state index in [-0.39, 0.29) is 0 Å². The zero-order valence-electron chi connectivity index (χ0n) is 28.8. The second-order valence-corrected chi connectivity index (χ2v) is 13.2. The molecule has 4 nitrogen and oxygen atoms in total. The highest BCUT2D eigenvalue weighted by molar-refractivity contribution is 6.22. The molecule has 0 bridgehead atoms. The highest BCUT2D eigenvalue weighted by Crippen LogP contribution is 2.42. The lowest BCUT2D eigenvalue weighted by Crippen LogP contribution is -1.97. The number of benzene rings is 7. The molecule has 53 heavy (non-hydrogen) atoms. The number of pyridine rings is 1. The Balaban J connectivity index is 1.17. The van der Waals surface area contributed by atoms with Crippen molar-refractivity contribution in [3.63, 3.8) is 0 Å². The van der Waals surface area contributed by atoms with E-state index < -0.39 is 0 Å². The summed E-state index contributed by atoms with van der Waals surface area (Å²) in [4.78, 5) is 15.6. The van der Waals surface area contributed by atoms with Crippen molar-refractivity contribution in [3.05, 3.63) is 194 Å². The summed E-state index contributed by atoms with van der Waals surface area (Å²) in [5.41, 5.74) is 13.4. The van der Waals surface area contributed by atoms with Crippen LogP contribution in [-0.2, 0) is 0 Å². The third-order valence-corrected chi connectivity index (χ3v) is 10.00. The van der Waals surface area contributed by atoms with Gasteiger partial charge in [0.2, 0.25) is 0 Å². The van der Waals surface area contributed by atoms with Gasteiger partial charge in [0.05, 0.1) is 33.6 Å². The molecule has 10 rings (SSSR count).